The molecule has 0 saturated heterocycles. The lowest BCUT2D eigenvalue weighted by molar-refractivity contribution is -0.137. The SMILES string of the molecule is CCNC(=NCC(C)(C)OC)NCCOc1ncc(C(F)(F)F)cc1Cl.I. The van der Waals surface area contributed by atoms with Gasteiger partial charge in [-0.1, -0.05) is 11.6 Å². The highest BCUT2D eigenvalue weighted by Gasteiger charge is 2.31. The summed E-state index contributed by atoms with van der Waals surface area (Å²) in [6.45, 7) is 7.40. The van der Waals surface area contributed by atoms with Gasteiger partial charge in [0.2, 0.25) is 5.88 Å². The van der Waals surface area contributed by atoms with Crippen LogP contribution in [-0.4, -0.2) is 49.9 Å². The van der Waals surface area contributed by atoms with Crippen LogP contribution in [0.15, 0.2) is 17.3 Å². The van der Waals surface area contributed by atoms with Crippen molar-refractivity contribution in [1.82, 2.24) is 15.6 Å². The van der Waals surface area contributed by atoms with Gasteiger partial charge in [-0.15, -0.1) is 24.0 Å². The second-order valence-electron chi connectivity index (χ2n) is 5.94. The summed E-state index contributed by atoms with van der Waals surface area (Å²) in [5, 5.41) is 5.93. The zero-order chi connectivity index (χ0) is 19.8. The highest BCUT2D eigenvalue weighted by Crippen LogP contribution is 2.32. The van der Waals surface area contributed by atoms with Crippen LogP contribution in [0, 0.1) is 0 Å². The van der Waals surface area contributed by atoms with Gasteiger partial charge in [-0.3, -0.25) is 4.99 Å². The van der Waals surface area contributed by atoms with Gasteiger partial charge in [0.15, 0.2) is 5.96 Å². The summed E-state index contributed by atoms with van der Waals surface area (Å²) >= 11 is 5.78. The maximum atomic E-state index is 12.6. The molecule has 0 spiro atoms. The molecule has 0 aliphatic carbocycles. The van der Waals surface area contributed by atoms with E-state index < -0.39 is 17.3 Å². The zero-order valence-corrected chi connectivity index (χ0v) is 18.7. The molecule has 1 aromatic rings. The molecule has 156 valence electrons. The molecule has 11 heteroatoms. The Kier molecular flexibility index (Phi) is 11.3. The fraction of sp³-hybridized carbons (Fsp3) is 0.625. The highest BCUT2D eigenvalue weighted by atomic mass is 127. The van der Waals surface area contributed by atoms with E-state index in [2.05, 4.69) is 20.6 Å². The van der Waals surface area contributed by atoms with Crippen molar-refractivity contribution in [1.29, 1.82) is 0 Å². The van der Waals surface area contributed by atoms with Crippen LogP contribution in [0.2, 0.25) is 5.02 Å². The van der Waals surface area contributed by atoms with Gasteiger partial charge in [0.1, 0.15) is 11.6 Å². The van der Waals surface area contributed by atoms with Crippen molar-refractivity contribution in [2.75, 3.05) is 33.4 Å². The number of nitrogens with zero attached hydrogens (tertiary/aromatic N) is 2. The van der Waals surface area contributed by atoms with Crippen LogP contribution < -0.4 is 15.4 Å². The number of aliphatic imine (C=N–C) groups is 1. The molecule has 0 unspecified atom stereocenters. The van der Waals surface area contributed by atoms with E-state index in [1.165, 1.54) is 0 Å². The number of methoxy groups -OCH3 is 1. The number of nitrogens with one attached hydrogen (secondary N) is 2. The molecule has 0 saturated carbocycles. The number of ether oxygens (including phenoxy) is 2. The molecule has 0 fully saturated rings. The van der Waals surface area contributed by atoms with Crippen LogP contribution in [-0.2, 0) is 10.9 Å². The number of hydrogen-bond acceptors (Lipinski definition) is 4. The van der Waals surface area contributed by atoms with Crippen LogP contribution in [0.1, 0.15) is 26.3 Å². The standard InChI is InChI=1S/C16H24ClF3N4O2.HI/c1-5-21-14(24-10-15(2,3)25-4)22-6-7-26-13-12(17)8-11(9-23-13)16(18,19)20;/h8-9H,5-7,10H2,1-4H3,(H2,21,22,24);1H. The van der Waals surface area contributed by atoms with Gasteiger partial charge in [0, 0.05) is 19.9 Å². The lowest BCUT2D eigenvalue weighted by atomic mass is 10.1. The van der Waals surface area contributed by atoms with Gasteiger partial charge in [-0.25, -0.2) is 4.98 Å². The number of pyridine rings is 1. The fourth-order valence-corrected chi connectivity index (χ4v) is 1.90. The summed E-state index contributed by atoms with van der Waals surface area (Å²) in [6.07, 6.45) is -3.81. The Morgan fingerprint density at radius 3 is 2.48 bits per heavy atom. The summed E-state index contributed by atoms with van der Waals surface area (Å²) in [4.78, 5) is 8.02. The molecule has 2 N–H and O–H groups in total. The minimum Gasteiger partial charge on any atom is -0.475 e. The molecule has 0 amide bonds. The van der Waals surface area contributed by atoms with Gasteiger partial charge in [-0.05, 0) is 26.8 Å². The Bertz CT molecular complexity index is 616. The molecule has 0 aromatic carbocycles. The van der Waals surface area contributed by atoms with E-state index in [1.54, 1.807) is 7.11 Å². The third-order valence-corrected chi connectivity index (χ3v) is 3.55. The Morgan fingerprint density at radius 2 is 1.96 bits per heavy atom. The number of alkyl halides is 3. The number of hydrogen-bond donors (Lipinski definition) is 2. The molecule has 0 aliphatic heterocycles. The molecule has 1 aromatic heterocycles. The van der Waals surface area contributed by atoms with Crippen LogP contribution in [0.3, 0.4) is 0 Å². The molecule has 27 heavy (non-hydrogen) atoms. The highest BCUT2D eigenvalue weighted by molar-refractivity contribution is 14.0. The van der Waals surface area contributed by atoms with Crippen molar-refractivity contribution in [3.05, 3.63) is 22.8 Å². The lowest BCUT2D eigenvalue weighted by Crippen LogP contribution is -2.40. The summed E-state index contributed by atoms with van der Waals surface area (Å²) in [6, 6.07) is 0.787. The van der Waals surface area contributed by atoms with Crippen molar-refractivity contribution >= 4 is 41.5 Å². The van der Waals surface area contributed by atoms with Crippen molar-refractivity contribution < 1.29 is 22.6 Å². The van der Waals surface area contributed by atoms with Crippen molar-refractivity contribution in [3.63, 3.8) is 0 Å². The number of rotatable bonds is 8. The van der Waals surface area contributed by atoms with Crippen LogP contribution in [0.25, 0.3) is 0 Å². The molecule has 0 aliphatic rings. The summed E-state index contributed by atoms with van der Waals surface area (Å²) < 4.78 is 48.3. The second kappa shape index (κ2) is 11.7. The third-order valence-electron chi connectivity index (χ3n) is 3.28. The Morgan fingerprint density at radius 1 is 1.30 bits per heavy atom. The molecule has 1 rings (SSSR count). The minimum atomic E-state index is -4.50. The van der Waals surface area contributed by atoms with Crippen molar-refractivity contribution in [2.45, 2.75) is 32.5 Å². The minimum absolute atomic E-state index is 0. The average Bonchev–Trinajstić information content (AvgIpc) is 2.56. The normalized spacial score (nSPS) is 12.4. The molecular weight excluding hydrogens is 500 g/mol. The van der Waals surface area contributed by atoms with E-state index in [1.807, 2.05) is 20.8 Å². The predicted molar refractivity (Wildman–Crippen MR) is 110 cm³/mol. The average molecular weight is 525 g/mol. The van der Waals surface area contributed by atoms with Gasteiger partial charge >= 0.3 is 6.18 Å². The first kappa shape index (κ1) is 26.0. The van der Waals surface area contributed by atoms with Crippen LogP contribution in [0.5, 0.6) is 5.88 Å². The van der Waals surface area contributed by atoms with Crippen LogP contribution in [0.4, 0.5) is 13.2 Å². The number of halogens is 5. The molecule has 0 bridgehead atoms. The number of aromatic nitrogens is 1. The molecular formula is C16H25ClF3IN4O2. The third kappa shape index (κ3) is 9.65. The predicted octanol–water partition coefficient (Wildman–Crippen LogP) is 3.73. The Labute approximate surface area is 179 Å². The maximum absolute atomic E-state index is 12.6. The van der Waals surface area contributed by atoms with E-state index in [4.69, 9.17) is 21.1 Å². The largest absolute Gasteiger partial charge is 0.475 e. The van der Waals surface area contributed by atoms with Gasteiger partial charge in [-0.2, -0.15) is 13.2 Å². The van der Waals surface area contributed by atoms with Crippen molar-refractivity contribution in [2.24, 2.45) is 4.99 Å². The molecule has 0 atom stereocenters. The van der Waals surface area contributed by atoms with E-state index in [0.29, 0.717) is 31.8 Å². The van der Waals surface area contributed by atoms with Gasteiger partial charge in [0.25, 0.3) is 0 Å². The first-order valence-electron chi connectivity index (χ1n) is 8.02. The summed E-state index contributed by atoms with van der Waals surface area (Å²) in [5.74, 6) is 0.525. The monoisotopic (exact) mass is 524 g/mol. The van der Waals surface area contributed by atoms with Crippen molar-refractivity contribution in [3.8, 4) is 5.88 Å². The fourth-order valence-electron chi connectivity index (χ4n) is 1.68. The smallest absolute Gasteiger partial charge is 0.417 e. The summed E-state index contributed by atoms with van der Waals surface area (Å²) in [5.41, 5.74) is -1.31. The molecule has 6 nitrogen and oxygen atoms in total. The van der Waals surface area contributed by atoms with E-state index in [0.717, 1.165) is 6.07 Å². The Hall–Kier alpha value is -1.01. The van der Waals surface area contributed by atoms with Gasteiger partial charge < -0.3 is 20.1 Å². The molecule has 1 heterocycles. The number of guanidine groups is 1. The van der Waals surface area contributed by atoms with Gasteiger partial charge in [0.05, 0.1) is 24.3 Å². The maximum Gasteiger partial charge on any atom is 0.417 e. The van der Waals surface area contributed by atoms with E-state index in [9.17, 15) is 13.2 Å². The van der Waals surface area contributed by atoms with E-state index in [-0.39, 0.29) is 41.5 Å². The topological polar surface area (TPSA) is 67.8 Å². The van der Waals surface area contributed by atoms with E-state index >= 15 is 0 Å². The summed E-state index contributed by atoms with van der Waals surface area (Å²) in [7, 11) is 1.62. The first-order chi connectivity index (χ1) is 12.1. The van der Waals surface area contributed by atoms with Crippen LogP contribution >= 0.6 is 35.6 Å². The first-order valence-corrected chi connectivity index (χ1v) is 8.39. The zero-order valence-electron chi connectivity index (χ0n) is 15.6. The second-order valence-corrected chi connectivity index (χ2v) is 6.35. The molecule has 0 radical (unpaired) electrons. The Balaban J connectivity index is 0.00000676. The lowest BCUT2D eigenvalue weighted by Gasteiger charge is -2.21. The quantitative estimate of drug-likeness (QED) is 0.235.